The molecule has 27 heavy (non-hydrogen) atoms. The number of hydrogen-bond acceptors (Lipinski definition) is 4. The van der Waals surface area contributed by atoms with Gasteiger partial charge in [-0.2, -0.15) is 0 Å². The van der Waals surface area contributed by atoms with Crippen LogP contribution in [0.2, 0.25) is 0 Å². The predicted molar refractivity (Wildman–Crippen MR) is 98.0 cm³/mol. The number of amides is 1. The van der Waals surface area contributed by atoms with E-state index in [1.165, 1.54) is 34.9 Å². The van der Waals surface area contributed by atoms with Gasteiger partial charge in [-0.3, -0.25) is 14.2 Å². The van der Waals surface area contributed by atoms with Crippen molar-refractivity contribution < 1.29 is 13.6 Å². The highest BCUT2D eigenvalue weighted by molar-refractivity contribution is 5.93. The van der Waals surface area contributed by atoms with Gasteiger partial charge < -0.3 is 11.5 Å². The number of fused-ring (bicyclic) bond motifs is 1. The molecule has 0 saturated carbocycles. The molecule has 3 rings (SSSR count). The molecule has 1 atom stereocenters. The van der Waals surface area contributed by atoms with Crippen LogP contribution >= 0.6 is 0 Å². The molecule has 2 aromatic carbocycles. The SMILES string of the molecule is CCC(N)c1nc2cccc(C(F)F)c2c(=O)n1-c1cccc(C(N)=O)c1. The molecule has 3 aromatic rings. The second-order valence-corrected chi connectivity index (χ2v) is 6.08. The van der Waals surface area contributed by atoms with Crippen LogP contribution in [0.25, 0.3) is 16.6 Å². The molecule has 0 saturated heterocycles. The van der Waals surface area contributed by atoms with Crippen molar-refractivity contribution in [3.05, 3.63) is 69.8 Å². The van der Waals surface area contributed by atoms with Gasteiger partial charge in [0.25, 0.3) is 12.0 Å². The highest BCUT2D eigenvalue weighted by atomic mass is 19.3. The first-order valence-corrected chi connectivity index (χ1v) is 8.34. The van der Waals surface area contributed by atoms with Crippen LogP contribution in [0.3, 0.4) is 0 Å². The second-order valence-electron chi connectivity index (χ2n) is 6.08. The molecule has 140 valence electrons. The number of benzene rings is 2. The molecule has 0 fully saturated rings. The third kappa shape index (κ3) is 3.31. The summed E-state index contributed by atoms with van der Waals surface area (Å²) in [7, 11) is 0. The van der Waals surface area contributed by atoms with Crippen molar-refractivity contribution in [1.29, 1.82) is 0 Å². The van der Waals surface area contributed by atoms with Crippen LogP contribution < -0.4 is 17.0 Å². The molecule has 1 heterocycles. The van der Waals surface area contributed by atoms with Gasteiger partial charge in [0, 0.05) is 11.1 Å². The van der Waals surface area contributed by atoms with Gasteiger partial charge in [-0.05, 0) is 30.7 Å². The van der Waals surface area contributed by atoms with Crippen molar-refractivity contribution in [1.82, 2.24) is 9.55 Å². The standard InChI is InChI=1S/C19H18F2N4O2/c1-2-13(22)18-24-14-8-4-7-12(16(20)21)15(14)19(27)25(18)11-6-3-5-10(9-11)17(23)26/h3-9,13,16H,2,22H2,1H3,(H2,23,26). The van der Waals surface area contributed by atoms with Crippen LogP contribution in [0.15, 0.2) is 47.3 Å². The molecule has 1 amide bonds. The molecule has 0 radical (unpaired) electrons. The fraction of sp³-hybridized carbons (Fsp3) is 0.211. The number of carbonyl (C=O) groups excluding carboxylic acids is 1. The van der Waals surface area contributed by atoms with E-state index < -0.39 is 29.5 Å². The number of nitrogens with zero attached hydrogens (tertiary/aromatic N) is 2. The van der Waals surface area contributed by atoms with E-state index in [1.54, 1.807) is 12.1 Å². The molecule has 6 nitrogen and oxygen atoms in total. The van der Waals surface area contributed by atoms with Crippen LogP contribution in [0.1, 0.15) is 47.6 Å². The van der Waals surface area contributed by atoms with Gasteiger partial charge in [0.2, 0.25) is 5.91 Å². The molecule has 0 bridgehead atoms. The lowest BCUT2D eigenvalue weighted by Gasteiger charge is -2.18. The van der Waals surface area contributed by atoms with Crippen molar-refractivity contribution in [2.45, 2.75) is 25.8 Å². The number of hydrogen-bond donors (Lipinski definition) is 2. The quantitative estimate of drug-likeness (QED) is 0.718. The number of primary amides is 1. The maximum atomic E-state index is 13.4. The number of rotatable bonds is 5. The van der Waals surface area contributed by atoms with Gasteiger partial charge in [-0.15, -0.1) is 0 Å². The summed E-state index contributed by atoms with van der Waals surface area (Å²) >= 11 is 0. The molecule has 1 aromatic heterocycles. The van der Waals surface area contributed by atoms with Crippen LogP contribution in [-0.4, -0.2) is 15.5 Å². The van der Waals surface area contributed by atoms with E-state index in [2.05, 4.69) is 4.98 Å². The summed E-state index contributed by atoms with van der Waals surface area (Å²) in [6.45, 7) is 1.82. The van der Waals surface area contributed by atoms with E-state index >= 15 is 0 Å². The van der Waals surface area contributed by atoms with Gasteiger partial charge in [0.05, 0.1) is 22.6 Å². The Morgan fingerprint density at radius 3 is 2.56 bits per heavy atom. The normalized spacial score (nSPS) is 12.5. The number of halogens is 2. The van der Waals surface area contributed by atoms with E-state index in [0.717, 1.165) is 0 Å². The molecule has 0 aliphatic carbocycles. The van der Waals surface area contributed by atoms with Crippen LogP contribution in [-0.2, 0) is 0 Å². The zero-order valence-electron chi connectivity index (χ0n) is 14.5. The summed E-state index contributed by atoms with van der Waals surface area (Å²) < 4.78 is 28.1. The number of nitrogens with two attached hydrogens (primary N) is 2. The van der Waals surface area contributed by atoms with Gasteiger partial charge in [-0.25, -0.2) is 13.8 Å². The summed E-state index contributed by atoms with van der Waals surface area (Å²) in [5.74, 6) is -0.448. The molecule has 0 aliphatic rings. The Morgan fingerprint density at radius 2 is 1.93 bits per heavy atom. The Bertz CT molecular complexity index is 1080. The fourth-order valence-corrected chi connectivity index (χ4v) is 2.93. The van der Waals surface area contributed by atoms with E-state index in [0.29, 0.717) is 6.42 Å². The summed E-state index contributed by atoms with van der Waals surface area (Å²) in [6.07, 6.45) is -2.36. The van der Waals surface area contributed by atoms with E-state index in [4.69, 9.17) is 11.5 Å². The Balaban J connectivity index is 2.44. The van der Waals surface area contributed by atoms with E-state index in [-0.39, 0.29) is 28.0 Å². The Kier molecular flexibility index (Phi) is 5.00. The average molecular weight is 372 g/mol. The van der Waals surface area contributed by atoms with Crippen LogP contribution in [0.5, 0.6) is 0 Å². The first-order chi connectivity index (χ1) is 12.8. The zero-order chi connectivity index (χ0) is 19.7. The zero-order valence-corrected chi connectivity index (χ0v) is 14.5. The number of aromatic nitrogens is 2. The monoisotopic (exact) mass is 372 g/mol. The van der Waals surface area contributed by atoms with E-state index in [9.17, 15) is 18.4 Å². The third-order valence-corrected chi connectivity index (χ3v) is 4.35. The average Bonchev–Trinajstić information content (AvgIpc) is 2.66. The smallest absolute Gasteiger partial charge is 0.266 e. The topological polar surface area (TPSA) is 104 Å². The molecular weight excluding hydrogens is 354 g/mol. The molecule has 0 spiro atoms. The molecule has 1 unspecified atom stereocenters. The lowest BCUT2D eigenvalue weighted by molar-refractivity contribution is 0.1000. The highest BCUT2D eigenvalue weighted by Gasteiger charge is 2.22. The maximum absolute atomic E-state index is 13.4. The Labute approximate surface area is 153 Å². The first kappa shape index (κ1) is 18.7. The lowest BCUT2D eigenvalue weighted by Crippen LogP contribution is -2.29. The minimum absolute atomic E-state index is 0.152. The molecule has 4 N–H and O–H groups in total. The molecule has 0 aliphatic heterocycles. The highest BCUT2D eigenvalue weighted by Crippen LogP contribution is 2.26. The van der Waals surface area contributed by atoms with Crippen molar-refractivity contribution >= 4 is 16.8 Å². The van der Waals surface area contributed by atoms with Gasteiger partial charge in [0.15, 0.2) is 0 Å². The van der Waals surface area contributed by atoms with Gasteiger partial charge >= 0.3 is 0 Å². The van der Waals surface area contributed by atoms with Gasteiger partial charge in [0.1, 0.15) is 5.82 Å². The van der Waals surface area contributed by atoms with E-state index in [1.807, 2.05) is 6.92 Å². The van der Waals surface area contributed by atoms with Crippen LogP contribution in [0, 0.1) is 0 Å². The Hall–Kier alpha value is -3.13. The first-order valence-electron chi connectivity index (χ1n) is 8.34. The van der Waals surface area contributed by atoms with Gasteiger partial charge in [-0.1, -0.05) is 25.1 Å². The largest absolute Gasteiger partial charge is 0.366 e. The van der Waals surface area contributed by atoms with Crippen molar-refractivity contribution in [3.63, 3.8) is 0 Å². The summed E-state index contributed by atoms with van der Waals surface area (Å²) in [5.41, 5.74) is 11.0. The summed E-state index contributed by atoms with van der Waals surface area (Å²) in [4.78, 5) is 29.1. The Morgan fingerprint density at radius 1 is 1.22 bits per heavy atom. The minimum Gasteiger partial charge on any atom is -0.366 e. The predicted octanol–water partition coefficient (Wildman–Crippen LogP) is 2.83. The van der Waals surface area contributed by atoms with Crippen molar-refractivity contribution in [2.24, 2.45) is 11.5 Å². The lowest BCUT2D eigenvalue weighted by atomic mass is 10.1. The van der Waals surface area contributed by atoms with Crippen LogP contribution in [0.4, 0.5) is 8.78 Å². The molecule has 8 heteroatoms. The number of carbonyl (C=O) groups is 1. The fourth-order valence-electron chi connectivity index (χ4n) is 2.93. The summed E-state index contributed by atoms with van der Waals surface area (Å²) in [6, 6.07) is 9.54. The maximum Gasteiger partial charge on any atom is 0.266 e. The minimum atomic E-state index is -2.83. The molecular formula is C19H18F2N4O2. The number of alkyl halides is 2. The third-order valence-electron chi connectivity index (χ3n) is 4.35. The van der Waals surface area contributed by atoms with Crippen molar-refractivity contribution in [2.75, 3.05) is 0 Å². The summed E-state index contributed by atoms with van der Waals surface area (Å²) in [5, 5.41) is -0.177. The second kappa shape index (κ2) is 7.24. The van der Waals surface area contributed by atoms with Crippen molar-refractivity contribution in [3.8, 4) is 5.69 Å².